The van der Waals surface area contributed by atoms with Crippen molar-refractivity contribution in [3.8, 4) is 5.69 Å². The third-order valence-electron chi connectivity index (χ3n) is 5.35. The number of aliphatic imine (C=N–C) groups is 1. The number of nitrogens with one attached hydrogen (secondary N) is 1. The number of benzene rings is 1. The van der Waals surface area contributed by atoms with E-state index in [-0.39, 0.29) is 24.0 Å². The van der Waals surface area contributed by atoms with Gasteiger partial charge in [0.1, 0.15) is 0 Å². The number of hydrogen-bond donors (Lipinski definition) is 1. The molecule has 0 aliphatic carbocycles. The smallest absolute Gasteiger partial charge is 0.194 e. The first-order valence-electron chi connectivity index (χ1n) is 9.48. The van der Waals surface area contributed by atoms with Gasteiger partial charge in [0, 0.05) is 44.0 Å². The van der Waals surface area contributed by atoms with Gasteiger partial charge in [0.2, 0.25) is 0 Å². The number of nitrogens with zero attached hydrogens (tertiary/aromatic N) is 4. The maximum absolute atomic E-state index is 5.65. The molecule has 1 spiro atoms. The molecular weight excluding hydrogens is 453 g/mol. The molecule has 2 fully saturated rings. The van der Waals surface area contributed by atoms with Gasteiger partial charge in [-0.3, -0.25) is 0 Å². The van der Waals surface area contributed by atoms with E-state index in [0.717, 1.165) is 44.5 Å². The van der Waals surface area contributed by atoms with Crippen LogP contribution in [0.3, 0.4) is 0 Å². The number of guanidine groups is 1. The van der Waals surface area contributed by atoms with Crippen LogP contribution in [0.5, 0.6) is 0 Å². The van der Waals surface area contributed by atoms with Crippen LogP contribution in [0.15, 0.2) is 47.7 Å². The van der Waals surface area contributed by atoms with Crippen molar-refractivity contribution >= 4 is 29.9 Å². The van der Waals surface area contributed by atoms with Crippen LogP contribution in [-0.2, 0) is 11.3 Å². The summed E-state index contributed by atoms with van der Waals surface area (Å²) in [7, 11) is 0. The quantitative estimate of drug-likeness (QED) is 0.415. The largest absolute Gasteiger partial charge is 0.381 e. The predicted molar refractivity (Wildman–Crippen MR) is 118 cm³/mol. The molecule has 0 radical (unpaired) electrons. The van der Waals surface area contributed by atoms with Gasteiger partial charge in [0.15, 0.2) is 5.96 Å². The van der Waals surface area contributed by atoms with Crippen molar-refractivity contribution in [2.75, 3.05) is 32.8 Å². The number of aromatic nitrogens is 2. The number of hydrogen-bond acceptors (Lipinski definition) is 3. The average molecular weight is 481 g/mol. The standard InChI is InChI=1S/C20H27N5O.HI/c1-2-21-19(24-11-7-20(15-24)8-12-26-16-20)22-14-17-5-3-6-18(13-17)25-10-4-9-23-25;/h3-6,9-10,13H,2,7-8,11-12,14-16H2,1H3,(H,21,22);1H. The Morgan fingerprint density at radius 3 is 3.00 bits per heavy atom. The molecule has 2 aromatic rings. The molecule has 0 saturated carbocycles. The maximum Gasteiger partial charge on any atom is 0.194 e. The second kappa shape index (κ2) is 9.05. The second-order valence-electron chi connectivity index (χ2n) is 7.26. The van der Waals surface area contributed by atoms with E-state index in [4.69, 9.17) is 9.73 Å². The number of halogens is 1. The molecule has 1 atom stereocenters. The number of rotatable bonds is 4. The zero-order valence-electron chi connectivity index (χ0n) is 15.8. The van der Waals surface area contributed by atoms with Gasteiger partial charge in [-0.05, 0) is 43.5 Å². The lowest BCUT2D eigenvalue weighted by Crippen LogP contribution is -2.41. The van der Waals surface area contributed by atoms with Crippen LogP contribution < -0.4 is 5.32 Å². The number of ether oxygens (including phenoxy) is 1. The molecule has 6 nitrogen and oxygen atoms in total. The highest BCUT2D eigenvalue weighted by Crippen LogP contribution is 2.38. The first-order chi connectivity index (χ1) is 12.8. The minimum Gasteiger partial charge on any atom is -0.381 e. The van der Waals surface area contributed by atoms with Gasteiger partial charge >= 0.3 is 0 Å². The SMILES string of the molecule is CCNC(=NCc1cccc(-n2cccn2)c1)N1CCC2(CCOC2)C1.I. The lowest BCUT2D eigenvalue weighted by Gasteiger charge is -2.25. The lowest BCUT2D eigenvalue weighted by atomic mass is 9.87. The normalized spacial score (nSPS) is 22.3. The Labute approximate surface area is 178 Å². The zero-order chi connectivity index (χ0) is 17.8. The van der Waals surface area contributed by atoms with Crippen molar-refractivity contribution in [2.45, 2.75) is 26.3 Å². The molecule has 1 unspecified atom stereocenters. The summed E-state index contributed by atoms with van der Waals surface area (Å²) in [5.74, 6) is 1.01. The highest BCUT2D eigenvalue weighted by molar-refractivity contribution is 14.0. The summed E-state index contributed by atoms with van der Waals surface area (Å²) in [5.41, 5.74) is 2.60. The lowest BCUT2D eigenvalue weighted by molar-refractivity contribution is 0.156. The van der Waals surface area contributed by atoms with Crippen LogP contribution in [-0.4, -0.2) is 53.5 Å². The molecule has 146 valence electrons. The molecule has 2 saturated heterocycles. The minimum absolute atomic E-state index is 0. The molecule has 1 N–H and O–H groups in total. The van der Waals surface area contributed by atoms with Gasteiger partial charge in [-0.1, -0.05) is 12.1 Å². The van der Waals surface area contributed by atoms with Crippen LogP contribution >= 0.6 is 24.0 Å². The molecule has 2 aliphatic heterocycles. The van der Waals surface area contributed by atoms with E-state index in [1.54, 1.807) is 6.20 Å². The van der Waals surface area contributed by atoms with E-state index in [1.165, 1.54) is 18.4 Å². The molecule has 3 heterocycles. The molecule has 2 aliphatic rings. The fraction of sp³-hybridized carbons (Fsp3) is 0.500. The van der Waals surface area contributed by atoms with Crippen molar-refractivity contribution in [1.82, 2.24) is 20.0 Å². The summed E-state index contributed by atoms with van der Waals surface area (Å²) < 4.78 is 7.53. The second-order valence-corrected chi connectivity index (χ2v) is 7.26. The molecule has 0 amide bonds. The van der Waals surface area contributed by atoms with Crippen molar-refractivity contribution in [2.24, 2.45) is 10.4 Å². The Morgan fingerprint density at radius 1 is 1.33 bits per heavy atom. The van der Waals surface area contributed by atoms with Crippen molar-refractivity contribution in [3.05, 3.63) is 48.3 Å². The summed E-state index contributed by atoms with van der Waals surface area (Å²) in [4.78, 5) is 7.30. The highest BCUT2D eigenvalue weighted by Gasteiger charge is 2.42. The van der Waals surface area contributed by atoms with Crippen LogP contribution in [0.4, 0.5) is 0 Å². The van der Waals surface area contributed by atoms with Gasteiger partial charge in [-0.2, -0.15) is 5.10 Å². The monoisotopic (exact) mass is 481 g/mol. The molecule has 1 aromatic heterocycles. The number of likely N-dealkylation sites (tertiary alicyclic amines) is 1. The fourth-order valence-corrected chi connectivity index (χ4v) is 3.90. The van der Waals surface area contributed by atoms with Crippen LogP contribution in [0.25, 0.3) is 5.69 Å². The van der Waals surface area contributed by atoms with E-state index in [2.05, 4.69) is 46.5 Å². The van der Waals surface area contributed by atoms with Gasteiger partial charge in [-0.15, -0.1) is 24.0 Å². The van der Waals surface area contributed by atoms with Gasteiger partial charge < -0.3 is 15.0 Å². The Bertz CT molecular complexity index is 755. The summed E-state index contributed by atoms with van der Waals surface area (Å²) in [5, 5.41) is 7.77. The Hall–Kier alpha value is -1.61. The average Bonchev–Trinajstić information content (AvgIpc) is 3.43. The molecule has 4 rings (SSSR count). The van der Waals surface area contributed by atoms with Crippen LogP contribution in [0, 0.1) is 5.41 Å². The molecule has 1 aromatic carbocycles. The molecule has 0 bridgehead atoms. The third kappa shape index (κ3) is 4.63. The summed E-state index contributed by atoms with van der Waals surface area (Å²) in [6.07, 6.45) is 6.13. The van der Waals surface area contributed by atoms with Gasteiger partial charge in [0.05, 0.1) is 18.8 Å². The van der Waals surface area contributed by atoms with Crippen molar-refractivity contribution < 1.29 is 4.74 Å². The third-order valence-corrected chi connectivity index (χ3v) is 5.35. The maximum atomic E-state index is 5.65. The van der Waals surface area contributed by atoms with E-state index in [9.17, 15) is 0 Å². The van der Waals surface area contributed by atoms with Crippen LogP contribution in [0.1, 0.15) is 25.3 Å². The Morgan fingerprint density at radius 2 is 2.26 bits per heavy atom. The van der Waals surface area contributed by atoms with E-state index < -0.39 is 0 Å². The molecule has 7 heteroatoms. The summed E-state index contributed by atoms with van der Waals surface area (Å²) in [6, 6.07) is 10.3. The van der Waals surface area contributed by atoms with E-state index >= 15 is 0 Å². The van der Waals surface area contributed by atoms with Crippen LogP contribution in [0.2, 0.25) is 0 Å². The topological polar surface area (TPSA) is 54.7 Å². The predicted octanol–water partition coefficient (Wildman–Crippen LogP) is 3.07. The summed E-state index contributed by atoms with van der Waals surface area (Å²) in [6.45, 7) is 7.58. The summed E-state index contributed by atoms with van der Waals surface area (Å²) >= 11 is 0. The molecular formula is C20H28IN5O. The molecule has 27 heavy (non-hydrogen) atoms. The Balaban J connectivity index is 0.00000210. The Kier molecular flexibility index (Phi) is 6.75. The van der Waals surface area contributed by atoms with Crippen molar-refractivity contribution in [1.29, 1.82) is 0 Å². The van der Waals surface area contributed by atoms with Crippen molar-refractivity contribution in [3.63, 3.8) is 0 Å². The van der Waals surface area contributed by atoms with E-state index in [1.807, 2.05) is 16.9 Å². The minimum atomic E-state index is 0. The van der Waals surface area contributed by atoms with Gasteiger partial charge in [-0.25, -0.2) is 9.67 Å². The van der Waals surface area contributed by atoms with E-state index in [0.29, 0.717) is 12.0 Å². The van der Waals surface area contributed by atoms with Gasteiger partial charge in [0.25, 0.3) is 0 Å². The first-order valence-corrected chi connectivity index (χ1v) is 9.48. The fourth-order valence-electron chi connectivity index (χ4n) is 3.90. The highest BCUT2D eigenvalue weighted by atomic mass is 127. The zero-order valence-corrected chi connectivity index (χ0v) is 18.1. The first kappa shape index (κ1) is 20.1.